The Labute approximate surface area is 104 Å². The van der Waals surface area contributed by atoms with Crippen LogP contribution in [0.25, 0.3) is 0 Å². The molecule has 0 radical (unpaired) electrons. The van der Waals surface area contributed by atoms with Gasteiger partial charge in [0.25, 0.3) is 10.0 Å². The highest BCUT2D eigenvalue weighted by Gasteiger charge is 2.15. The van der Waals surface area contributed by atoms with Crippen molar-refractivity contribution in [2.24, 2.45) is 5.84 Å². The number of benzene rings is 1. The van der Waals surface area contributed by atoms with Crippen molar-refractivity contribution in [3.05, 3.63) is 36.1 Å². The third-order valence-electron chi connectivity index (χ3n) is 2.20. The van der Waals surface area contributed by atoms with Gasteiger partial charge in [0.15, 0.2) is 5.82 Å². The summed E-state index contributed by atoms with van der Waals surface area (Å²) in [7, 11) is -3.67. The number of nitrogens with two attached hydrogens (primary N) is 1. The van der Waals surface area contributed by atoms with Gasteiger partial charge in [0.05, 0.1) is 4.90 Å². The minimum Gasteiger partial charge on any atom is -0.360 e. The van der Waals surface area contributed by atoms with Gasteiger partial charge in [-0.15, -0.1) is 0 Å². The highest BCUT2D eigenvalue weighted by atomic mass is 32.2. The molecular weight excluding hydrogens is 256 g/mol. The van der Waals surface area contributed by atoms with Gasteiger partial charge >= 0.3 is 0 Å². The summed E-state index contributed by atoms with van der Waals surface area (Å²) in [5.41, 5.74) is 3.03. The smallest absolute Gasteiger partial charge is 0.263 e. The molecule has 0 bridgehead atoms. The number of hydrogen-bond acceptors (Lipinski definition) is 6. The lowest BCUT2D eigenvalue weighted by Crippen LogP contribution is -2.13. The van der Waals surface area contributed by atoms with E-state index in [1.54, 1.807) is 19.1 Å². The average Bonchev–Trinajstić information content (AvgIpc) is 2.74. The zero-order chi connectivity index (χ0) is 13.2. The minimum atomic E-state index is -3.67. The zero-order valence-electron chi connectivity index (χ0n) is 9.54. The van der Waals surface area contributed by atoms with E-state index >= 15 is 0 Å². The molecule has 0 unspecified atom stereocenters. The van der Waals surface area contributed by atoms with Gasteiger partial charge in [0.2, 0.25) is 0 Å². The number of aromatic nitrogens is 1. The van der Waals surface area contributed by atoms with Crippen molar-refractivity contribution in [2.45, 2.75) is 11.8 Å². The van der Waals surface area contributed by atoms with E-state index in [0.717, 1.165) is 0 Å². The van der Waals surface area contributed by atoms with Gasteiger partial charge in [-0.05, 0) is 31.2 Å². The number of nitrogens with one attached hydrogen (secondary N) is 2. The maximum Gasteiger partial charge on any atom is 0.263 e. The Morgan fingerprint density at radius 3 is 2.44 bits per heavy atom. The van der Waals surface area contributed by atoms with Crippen LogP contribution in [0.1, 0.15) is 5.76 Å². The number of rotatable bonds is 4. The van der Waals surface area contributed by atoms with Crippen LogP contribution in [0, 0.1) is 6.92 Å². The van der Waals surface area contributed by atoms with Crippen LogP contribution >= 0.6 is 0 Å². The molecule has 1 aromatic heterocycles. The molecule has 96 valence electrons. The molecule has 1 heterocycles. The molecule has 0 saturated heterocycles. The van der Waals surface area contributed by atoms with Gasteiger partial charge in [-0.2, -0.15) is 0 Å². The van der Waals surface area contributed by atoms with Crippen LogP contribution in [0.15, 0.2) is 39.8 Å². The number of anilines is 2. The van der Waals surface area contributed by atoms with Crippen LogP contribution in [0.4, 0.5) is 11.5 Å². The fourth-order valence-electron chi connectivity index (χ4n) is 1.34. The molecule has 0 aliphatic rings. The Bertz CT molecular complexity index is 633. The summed E-state index contributed by atoms with van der Waals surface area (Å²) in [6.07, 6.45) is 0. The van der Waals surface area contributed by atoms with E-state index in [0.29, 0.717) is 11.4 Å². The molecule has 18 heavy (non-hydrogen) atoms. The second-order valence-electron chi connectivity index (χ2n) is 3.60. The SMILES string of the molecule is Cc1cc(NS(=O)(=O)c2ccc(NN)cc2)no1. The maximum absolute atomic E-state index is 12.0. The highest BCUT2D eigenvalue weighted by molar-refractivity contribution is 7.92. The van der Waals surface area contributed by atoms with Crippen LogP contribution in [0.5, 0.6) is 0 Å². The molecule has 8 heteroatoms. The molecular formula is C10H12N4O3S. The van der Waals surface area contributed by atoms with E-state index in [1.807, 2.05) is 0 Å². The number of sulfonamides is 1. The number of nitrogens with zero attached hydrogens (tertiary/aromatic N) is 1. The molecule has 0 aliphatic carbocycles. The van der Waals surface area contributed by atoms with Crippen LogP contribution in [0.2, 0.25) is 0 Å². The third-order valence-corrected chi connectivity index (χ3v) is 3.57. The third kappa shape index (κ3) is 2.60. The lowest BCUT2D eigenvalue weighted by molar-refractivity contribution is 0.400. The van der Waals surface area contributed by atoms with Crippen LogP contribution in [-0.2, 0) is 10.0 Å². The first kappa shape index (κ1) is 12.4. The van der Waals surface area contributed by atoms with E-state index < -0.39 is 10.0 Å². The molecule has 4 N–H and O–H groups in total. The Hall–Kier alpha value is -2.06. The molecule has 1 aromatic carbocycles. The van der Waals surface area contributed by atoms with E-state index in [1.165, 1.54) is 18.2 Å². The molecule has 2 rings (SSSR count). The van der Waals surface area contributed by atoms with Crippen molar-refractivity contribution in [1.82, 2.24) is 5.16 Å². The molecule has 0 saturated carbocycles. The molecule has 0 aliphatic heterocycles. The molecule has 0 amide bonds. The number of hydrogen-bond donors (Lipinski definition) is 3. The highest BCUT2D eigenvalue weighted by Crippen LogP contribution is 2.17. The molecule has 0 atom stereocenters. The average molecular weight is 268 g/mol. The van der Waals surface area contributed by atoms with Crippen LogP contribution in [-0.4, -0.2) is 13.6 Å². The maximum atomic E-state index is 12.0. The fourth-order valence-corrected chi connectivity index (χ4v) is 2.33. The van der Waals surface area contributed by atoms with E-state index in [2.05, 4.69) is 15.3 Å². The minimum absolute atomic E-state index is 0.113. The van der Waals surface area contributed by atoms with Gasteiger partial charge in [0, 0.05) is 11.8 Å². The Morgan fingerprint density at radius 2 is 1.94 bits per heavy atom. The van der Waals surface area contributed by atoms with E-state index in [9.17, 15) is 8.42 Å². The quantitative estimate of drug-likeness (QED) is 0.565. The first-order valence-corrected chi connectivity index (χ1v) is 6.52. The van der Waals surface area contributed by atoms with E-state index in [-0.39, 0.29) is 10.7 Å². The first-order chi connectivity index (χ1) is 8.51. The predicted octanol–water partition coefficient (Wildman–Crippen LogP) is 1.07. The van der Waals surface area contributed by atoms with Gasteiger partial charge in [-0.3, -0.25) is 10.6 Å². The van der Waals surface area contributed by atoms with Crippen molar-refractivity contribution < 1.29 is 12.9 Å². The number of nitrogen functional groups attached to an aromatic ring is 1. The van der Waals surface area contributed by atoms with Gasteiger partial charge < -0.3 is 9.95 Å². The zero-order valence-corrected chi connectivity index (χ0v) is 10.4. The van der Waals surface area contributed by atoms with Crippen LogP contribution < -0.4 is 16.0 Å². The van der Waals surface area contributed by atoms with Gasteiger partial charge in [-0.1, -0.05) is 5.16 Å². The largest absolute Gasteiger partial charge is 0.360 e. The second-order valence-corrected chi connectivity index (χ2v) is 5.28. The summed E-state index contributed by atoms with van der Waals surface area (Å²) in [5.74, 6) is 5.87. The molecule has 7 nitrogen and oxygen atoms in total. The molecule has 2 aromatic rings. The fraction of sp³-hybridized carbons (Fsp3) is 0.100. The first-order valence-electron chi connectivity index (χ1n) is 5.04. The Kier molecular flexibility index (Phi) is 3.21. The summed E-state index contributed by atoms with van der Waals surface area (Å²) in [5, 5.41) is 3.56. The number of hydrazine groups is 1. The molecule has 0 fully saturated rings. The predicted molar refractivity (Wildman–Crippen MR) is 66.3 cm³/mol. The topological polar surface area (TPSA) is 110 Å². The van der Waals surface area contributed by atoms with Gasteiger partial charge in [-0.25, -0.2) is 8.42 Å². The van der Waals surface area contributed by atoms with Crippen molar-refractivity contribution in [1.29, 1.82) is 0 Å². The van der Waals surface area contributed by atoms with Crippen molar-refractivity contribution >= 4 is 21.5 Å². The van der Waals surface area contributed by atoms with Gasteiger partial charge in [0.1, 0.15) is 5.76 Å². The second kappa shape index (κ2) is 4.67. The Morgan fingerprint density at radius 1 is 1.28 bits per heavy atom. The number of aryl methyl sites for hydroxylation is 1. The monoisotopic (exact) mass is 268 g/mol. The summed E-state index contributed by atoms with van der Waals surface area (Å²) >= 11 is 0. The van der Waals surface area contributed by atoms with Crippen molar-refractivity contribution in [3.63, 3.8) is 0 Å². The summed E-state index contributed by atoms with van der Waals surface area (Å²) < 4.78 is 31.0. The summed E-state index contributed by atoms with van der Waals surface area (Å²) in [6.45, 7) is 1.67. The van der Waals surface area contributed by atoms with Crippen molar-refractivity contribution in [2.75, 3.05) is 10.1 Å². The normalized spacial score (nSPS) is 11.2. The Balaban J connectivity index is 2.24. The molecule has 0 spiro atoms. The lowest BCUT2D eigenvalue weighted by Gasteiger charge is -2.05. The van der Waals surface area contributed by atoms with Crippen molar-refractivity contribution in [3.8, 4) is 0 Å². The standard InChI is InChI=1S/C10H12N4O3S/c1-7-6-10(13-17-7)14-18(15,16)9-4-2-8(12-11)3-5-9/h2-6,12H,11H2,1H3,(H,13,14). The summed E-state index contributed by atoms with van der Waals surface area (Å²) in [6, 6.07) is 7.48. The van der Waals surface area contributed by atoms with Crippen LogP contribution in [0.3, 0.4) is 0 Å². The lowest BCUT2D eigenvalue weighted by atomic mass is 10.3. The van der Waals surface area contributed by atoms with E-state index in [4.69, 9.17) is 10.4 Å². The summed E-state index contributed by atoms with van der Waals surface area (Å²) in [4.78, 5) is 0.113.